The van der Waals surface area contributed by atoms with Gasteiger partial charge in [-0.1, -0.05) is 0 Å². The Balaban J connectivity index is 1.45. The van der Waals surface area contributed by atoms with E-state index in [2.05, 4.69) is 10.6 Å². The number of nitrogens with one attached hydrogen (secondary N) is 2. The fraction of sp³-hybridized carbons (Fsp3) is 0.278. The van der Waals surface area contributed by atoms with Gasteiger partial charge in [0, 0.05) is 18.7 Å². The third kappa shape index (κ3) is 2.73. The second-order valence-corrected chi connectivity index (χ2v) is 6.45. The number of halogens is 1. The van der Waals surface area contributed by atoms with Gasteiger partial charge in [-0.25, -0.2) is 9.18 Å². The van der Waals surface area contributed by atoms with Gasteiger partial charge in [-0.05, 0) is 49.2 Å². The van der Waals surface area contributed by atoms with Gasteiger partial charge in [0.1, 0.15) is 17.1 Å². The lowest BCUT2D eigenvalue weighted by Crippen LogP contribution is -2.55. The molecule has 3 heterocycles. The zero-order chi connectivity index (χ0) is 18.3. The summed E-state index contributed by atoms with van der Waals surface area (Å²) in [5, 5.41) is 4.90. The van der Waals surface area contributed by atoms with Crippen molar-refractivity contribution in [2.75, 3.05) is 13.1 Å². The van der Waals surface area contributed by atoms with Crippen LogP contribution in [0.5, 0.6) is 0 Å². The number of piperidine rings is 1. The first-order chi connectivity index (χ1) is 12.5. The molecule has 0 aliphatic carbocycles. The molecular weight excluding hydrogens is 341 g/mol. The maximum Gasteiger partial charge on any atom is 0.322 e. The lowest BCUT2D eigenvalue weighted by Gasteiger charge is -2.36. The largest absolute Gasteiger partial charge is 0.451 e. The van der Waals surface area contributed by atoms with Crippen molar-refractivity contribution in [3.63, 3.8) is 0 Å². The molecule has 4 amide bonds. The molecule has 1 aromatic carbocycles. The fourth-order valence-corrected chi connectivity index (χ4v) is 3.35. The Morgan fingerprint density at radius 1 is 1.08 bits per heavy atom. The van der Waals surface area contributed by atoms with Crippen molar-refractivity contribution in [3.8, 4) is 11.3 Å². The third-order valence-corrected chi connectivity index (χ3v) is 4.86. The first kappa shape index (κ1) is 16.3. The molecule has 2 aliphatic rings. The monoisotopic (exact) mass is 357 g/mol. The van der Waals surface area contributed by atoms with Crippen LogP contribution in [0.2, 0.25) is 0 Å². The molecule has 8 heteroatoms. The van der Waals surface area contributed by atoms with Crippen LogP contribution in [0.4, 0.5) is 9.18 Å². The Bertz CT molecular complexity index is 882. The molecule has 1 spiro atoms. The van der Waals surface area contributed by atoms with Crippen molar-refractivity contribution in [1.82, 2.24) is 15.5 Å². The molecular formula is C18H16FN3O4. The van der Waals surface area contributed by atoms with Gasteiger partial charge in [-0.3, -0.25) is 14.9 Å². The molecule has 0 unspecified atom stereocenters. The SMILES string of the molecule is O=C1NC(=O)C2(CCN(C(=O)c3ccc(-c4ccc(F)cc4)o3)CC2)N1. The molecule has 4 rings (SSSR count). The van der Waals surface area contributed by atoms with E-state index < -0.39 is 11.6 Å². The zero-order valence-corrected chi connectivity index (χ0v) is 13.8. The van der Waals surface area contributed by atoms with E-state index in [9.17, 15) is 18.8 Å². The molecule has 0 bridgehead atoms. The first-order valence-electron chi connectivity index (χ1n) is 8.25. The van der Waals surface area contributed by atoms with Crippen LogP contribution in [0.15, 0.2) is 40.8 Å². The Kier molecular flexibility index (Phi) is 3.75. The molecule has 0 atom stereocenters. The number of likely N-dealkylation sites (tertiary alicyclic amines) is 1. The molecule has 134 valence electrons. The summed E-state index contributed by atoms with van der Waals surface area (Å²) in [4.78, 5) is 37.5. The van der Waals surface area contributed by atoms with Crippen molar-refractivity contribution in [2.24, 2.45) is 0 Å². The second kappa shape index (κ2) is 5.98. The van der Waals surface area contributed by atoms with E-state index in [1.165, 1.54) is 12.1 Å². The quantitative estimate of drug-likeness (QED) is 0.803. The van der Waals surface area contributed by atoms with Gasteiger partial charge in [0.2, 0.25) is 0 Å². The van der Waals surface area contributed by atoms with Gasteiger partial charge >= 0.3 is 6.03 Å². The van der Waals surface area contributed by atoms with Crippen LogP contribution < -0.4 is 10.6 Å². The highest BCUT2D eigenvalue weighted by atomic mass is 19.1. The molecule has 2 aliphatic heterocycles. The minimum atomic E-state index is -0.920. The fourth-order valence-electron chi connectivity index (χ4n) is 3.35. The van der Waals surface area contributed by atoms with E-state index in [4.69, 9.17) is 4.42 Å². The van der Waals surface area contributed by atoms with Gasteiger partial charge in [-0.2, -0.15) is 0 Å². The van der Waals surface area contributed by atoms with E-state index in [0.717, 1.165) is 0 Å². The van der Waals surface area contributed by atoms with Gasteiger partial charge < -0.3 is 14.6 Å². The number of urea groups is 1. The van der Waals surface area contributed by atoms with Gasteiger partial charge in [0.05, 0.1) is 0 Å². The number of hydrogen-bond acceptors (Lipinski definition) is 4. The number of carbonyl (C=O) groups excluding carboxylic acids is 3. The number of furan rings is 1. The molecule has 2 aromatic rings. The van der Waals surface area contributed by atoms with E-state index in [-0.39, 0.29) is 23.4 Å². The smallest absolute Gasteiger partial charge is 0.322 e. The molecule has 2 N–H and O–H groups in total. The van der Waals surface area contributed by atoms with E-state index in [1.807, 2.05) is 0 Å². The lowest BCUT2D eigenvalue weighted by molar-refractivity contribution is -0.125. The van der Waals surface area contributed by atoms with Gasteiger partial charge in [0.15, 0.2) is 5.76 Å². The summed E-state index contributed by atoms with van der Waals surface area (Å²) in [5.41, 5.74) is -0.246. The molecule has 2 saturated heterocycles. The highest BCUT2D eigenvalue weighted by Gasteiger charge is 2.48. The van der Waals surface area contributed by atoms with Crippen LogP contribution in [-0.4, -0.2) is 41.4 Å². The minimum Gasteiger partial charge on any atom is -0.451 e. The van der Waals surface area contributed by atoms with E-state index in [0.29, 0.717) is 37.3 Å². The number of benzene rings is 1. The van der Waals surface area contributed by atoms with Crippen molar-refractivity contribution < 1.29 is 23.2 Å². The summed E-state index contributed by atoms with van der Waals surface area (Å²) in [6.45, 7) is 0.665. The summed E-state index contributed by atoms with van der Waals surface area (Å²) < 4.78 is 18.6. The van der Waals surface area contributed by atoms with E-state index in [1.54, 1.807) is 29.2 Å². The summed E-state index contributed by atoms with van der Waals surface area (Å²) in [6.07, 6.45) is 0.698. The maximum absolute atomic E-state index is 13.0. The number of imide groups is 1. The molecule has 26 heavy (non-hydrogen) atoms. The van der Waals surface area contributed by atoms with Crippen LogP contribution in [0.3, 0.4) is 0 Å². The van der Waals surface area contributed by atoms with Crippen molar-refractivity contribution in [3.05, 3.63) is 48.0 Å². The standard InChI is InChI=1S/C18H16FN3O4/c19-12-3-1-11(2-4-12)13-5-6-14(26-13)15(23)22-9-7-18(8-10-22)16(24)20-17(25)21-18/h1-6H,7-10H2,(H2,20,21,24,25). The van der Waals surface area contributed by atoms with Crippen molar-refractivity contribution in [2.45, 2.75) is 18.4 Å². The topological polar surface area (TPSA) is 91.7 Å². The second-order valence-electron chi connectivity index (χ2n) is 6.45. The predicted molar refractivity (Wildman–Crippen MR) is 88.6 cm³/mol. The van der Waals surface area contributed by atoms with Crippen LogP contribution in [0.1, 0.15) is 23.4 Å². The average Bonchev–Trinajstić information content (AvgIpc) is 3.21. The number of nitrogens with zero attached hydrogens (tertiary/aromatic N) is 1. The van der Waals surface area contributed by atoms with Crippen LogP contribution in [0.25, 0.3) is 11.3 Å². The number of carbonyl (C=O) groups is 3. The number of amides is 4. The Hall–Kier alpha value is -3.16. The van der Waals surface area contributed by atoms with Crippen LogP contribution in [-0.2, 0) is 4.79 Å². The van der Waals surface area contributed by atoms with Crippen molar-refractivity contribution in [1.29, 1.82) is 0 Å². The minimum absolute atomic E-state index is 0.181. The molecule has 2 fully saturated rings. The summed E-state index contributed by atoms with van der Waals surface area (Å²) >= 11 is 0. The van der Waals surface area contributed by atoms with Crippen LogP contribution in [0, 0.1) is 5.82 Å². The molecule has 0 radical (unpaired) electrons. The molecule has 7 nitrogen and oxygen atoms in total. The zero-order valence-electron chi connectivity index (χ0n) is 13.8. The lowest BCUT2D eigenvalue weighted by atomic mass is 9.87. The number of hydrogen-bond donors (Lipinski definition) is 2. The van der Waals surface area contributed by atoms with Crippen molar-refractivity contribution >= 4 is 17.8 Å². The highest BCUT2D eigenvalue weighted by molar-refractivity contribution is 6.07. The average molecular weight is 357 g/mol. The normalized spacial score (nSPS) is 18.7. The predicted octanol–water partition coefficient (Wildman–Crippen LogP) is 1.90. The summed E-state index contributed by atoms with van der Waals surface area (Å²) in [7, 11) is 0. The Labute approximate surface area is 148 Å². The van der Waals surface area contributed by atoms with E-state index >= 15 is 0 Å². The summed E-state index contributed by atoms with van der Waals surface area (Å²) in [5.74, 6) is -0.310. The molecule has 0 saturated carbocycles. The Morgan fingerprint density at radius 3 is 2.38 bits per heavy atom. The first-order valence-corrected chi connectivity index (χ1v) is 8.25. The van der Waals surface area contributed by atoms with Gasteiger partial charge in [-0.15, -0.1) is 0 Å². The Morgan fingerprint density at radius 2 is 1.77 bits per heavy atom. The van der Waals surface area contributed by atoms with Gasteiger partial charge in [0.25, 0.3) is 11.8 Å². The summed E-state index contributed by atoms with van der Waals surface area (Å²) in [6, 6.07) is 8.55. The third-order valence-electron chi connectivity index (χ3n) is 4.86. The maximum atomic E-state index is 13.0. The van der Waals surface area contributed by atoms with Crippen LogP contribution >= 0.6 is 0 Å². The highest BCUT2D eigenvalue weighted by Crippen LogP contribution is 2.28. The molecule has 1 aromatic heterocycles. The number of rotatable bonds is 2.